The Bertz CT molecular complexity index is 2790. The zero-order chi connectivity index (χ0) is 44.3. The molecule has 10 nitrogen and oxygen atoms in total. The second-order valence-electron chi connectivity index (χ2n) is 16.6. The van der Waals surface area contributed by atoms with Crippen LogP contribution in [0.3, 0.4) is 0 Å². The van der Waals surface area contributed by atoms with Crippen molar-refractivity contribution in [2.45, 2.75) is 102 Å². The molecule has 0 aliphatic heterocycles. The number of hydrogen-bond acceptors (Lipinski definition) is 6. The number of unbranched alkanes of at least 4 members (excludes halogenated alkanes) is 1. The first kappa shape index (κ1) is 46.1. The van der Waals surface area contributed by atoms with Gasteiger partial charge in [0, 0.05) is 50.7 Å². The van der Waals surface area contributed by atoms with E-state index in [2.05, 4.69) is 80.6 Å². The van der Waals surface area contributed by atoms with E-state index in [1.54, 1.807) is 36.7 Å². The van der Waals surface area contributed by atoms with Crippen molar-refractivity contribution in [1.82, 2.24) is 24.5 Å². The zero-order valence-electron chi connectivity index (χ0n) is 36.4. The van der Waals surface area contributed by atoms with E-state index >= 15 is 0 Å². The van der Waals surface area contributed by atoms with Gasteiger partial charge in [0.15, 0.2) is 12.0 Å². The summed E-state index contributed by atoms with van der Waals surface area (Å²) in [4.78, 5) is 25.8. The Morgan fingerprint density at radius 1 is 0.738 bits per heavy atom. The molecule has 7 aromatic rings. The molecule has 0 unspecified atom stereocenters. The van der Waals surface area contributed by atoms with Gasteiger partial charge in [0.2, 0.25) is 11.3 Å². The standard InChI is InChI=1S/C42H38N6.C12H9N4.Ir/c1-45-35-18-20-38(34(24-35)28-44)41-25-32(30-11-5-3-6-12-30)22-36(47-41)15-9-10-16-37-23-33(31-13-7-4-8-14-31)26-42(48-37)39-19-17-29(27-43)21-40(39)46-2;1-15-9-16(10-5-3-2-4-6-10)12-11(15)13-7-8-14-12;/h17-18,21-26,30-31H,3-16H2;2-5,7-8H,1H3;/q-2;-1;. The molecule has 3 aromatic carbocycles. The molecule has 2 aliphatic carbocycles. The van der Waals surface area contributed by atoms with E-state index in [4.69, 9.17) is 23.1 Å². The Labute approximate surface area is 395 Å². The summed E-state index contributed by atoms with van der Waals surface area (Å²) in [6, 6.07) is 37.0. The van der Waals surface area contributed by atoms with Crippen LogP contribution in [0.25, 0.3) is 49.2 Å². The summed E-state index contributed by atoms with van der Waals surface area (Å²) >= 11 is 0. The van der Waals surface area contributed by atoms with Crippen molar-refractivity contribution >= 4 is 22.7 Å². The number of pyridine rings is 2. The predicted octanol–water partition coefficient (Wildman–Crippen LogP) is 11.8. The molecule has 9 rings (SSSR count). The third-order valence-electron chi connectivity index (χ3n) is 12.3. The summed E-state index contributed by atoms with van der Waals surface area (Å²) in [6.07, 6.45) is 22.2. The number of benzene rings is 3. The van der Waals surface area contributed by atoms with Crippen LogP contribution in [0.1, 0.15) is 123 Å². The number of aromatic nitrogens is 6. The van der Waals surface area contributed by atoms with Crippen molar-refractivity contribution in [2.24, 2.45) is 7.05 Å². The van der Waals surface area contributed by atoms with Crippen LogP contribution in [0, 0.1) is 60.3 Å². The zero-order valence-corrected chi connectivity index (χ0v) is 38.8. The summed E-state index contributed by atoms with van der Waals surface area (Å²) in [5.41, 5.74) is 11.7. The Balaban J connectivity index is 0.000000309. The van der Waals surface area contributed by atoms with Crippen molar-refractivity contribution in [2.75, 3.05) is 0 Å². The summed E-state index contributed by atoms with van der Waals surface area (Å²) in [5, 5.41) is 19.2. The van der Waals surface area contributed by atoms with Gasteiger partial charge in [-0.15, -0.1) is 23.8 Å². The van der Waals surface area contributed by atoms with Gasteiger partial charge in [0.05, 0.1) is 12.8 Å². The molecule has 0 atom stereocenters. The van der Waals surface area contributed by atoms with Gasteiger partial charge in [-0.25, -0.2) is 15.4 Å². The molecule has 2 aliphatic rings. The SMILES string of the molecule is C[n+]1[c-]n(-c2[c-]cccc2)c2nccnc21.[C-]#[N+]c1c[c-]c(-c2cc(C3CCCCC3)cc(CCCCc3cc(C4CCCCC4)cc(-c4[c-]cc(C#N)cc4[N+]#[C-])n3)n2)c(C#N)c1.[Ir]. The maximum absolute atomic E-state index is 9.88. The molecule has 0 amide bonds. The Morgan fingerprint density at radius 2 is 1.37 bits per heavy atom. The molecule has 0 N–H and O–H groups in total. The molecule has 65 heavy (non-hydrogen) atoms. The van der Waals surface area contributed by atoms with E-state index in [0.29, 0.717) is 45.5 Å². The van der Waals surface area contributed by atoms with Crippen molar-refractivity contribution in [3.63, 3.8) is 0 Å². The molecule has 0 saturated heterocycles. The van der Waals surface area contributed by atoms with E-state index in [1.165, 1.54) is 75.3 Å². The van der Waals surface area contributed by atoms with Gasteiger partial charge in [-0.05, 0) is 104 Å². The van der Waals surface area contributed by atoms with E-state index in [9.17, 15) is 10.5 Å². The summed E-state index contributed by atoms with van der Waals surface area (Å²) in [6.45, 7) is 15.1. The maximum atomic E-state index is 9.88. The van der Waals surface area contributed by atoms with E-state index in [-0.39, 0.29) is 20.1 Å². The molecule has 2 fully saturated rings. The Hall–Kier alpha value is -6.88. The number of rotatable bonds is 10. The molecule has 1 radical (unpaired) electrons. The fourth-order valence-corrected chi connectivity index (χ4v) is 9.04. The topological polar surface area (TPSA) is 117 Å². The Kier molecular flexibility index (Phi) is 15.7. The van der Waals surface area contributed by atoms with Crippen LogP contribution in [0.15, 0.2) is 85.2 Å². The van der Waals surface area contributed by atoms with Crippen LogP contribution in [0.4, 0.5) is 11.4 Å². The molecule has 0 bridgehead atoms. The normalized spacial score (nSPS) is 13.9. The molecule has 4 aromatic heterocycles. The third-order valence-corrected chi connectivity index (χ3v) is 12.3. The van der Waals surface area contributed by atoms with E-state index in [0.717, 1.165) is 65.4 Å². The van der Waals surface area contributed by atoms with Crippen LogP contribution in [0.5, 0.6) is 0 Å². The van der Waals surface area contributed by atoms with E-state index in [1.807, 2.05) is 40.4 Å². The smallest absolute Gasteiger partial charge is 0.236 e. The van der Waals surface area contributed by atoms with Crippen molar-refractivity contribution in [3.8, 4) is 40.3 Å². The number of nitrogens with zero attached hydrogens (tertiary/aromatic N) is 10. The second-order valence-corrected chi connectivity index (χ2v) is 16.6. The molecule has 4 heterocycles. The largest absolute Gasteiger partial charge is 0.359 e. The number of para-hydroxylation sites is 1. The minimum Gasteiger partial charge on any atom is -0.359 e. The number of nitriles is 2. The van der Waals surface area contributed by atoms with E-state index < -0.39 is 0 Å². The van der Waals surface area contributed by atoms with Crippen molar-refractivity contribution in [3.05, 3.63) is 166 Å². The van der Waals surface area contributed by atoms with Gasteiger partial charge < -0.3 is 19.1 Å². The third kappa shape index (κ3) is 11.1. The van der Waals surface area contributed by atoms with Gasteiger partial charge in [-0.3, -0.25) is 4.98 Å². The Morgan fingerprint density at radius 3 is 1.95 bits per heavy atom. The fraction of sp³-hybridized carbons (Fsp3) is 0.315. The molecule has 325 valence electrons. The van der Waals surface area contributed by atoms with Crippen LogP contribution in [0.2, 0.25) is 0 Å². The molecule has 11 heteroatoms. The van der Waals surface area contributed by atoms with Crippen molar-refractivity contribution in [1.29, 1.82) is 10.5 Å². The van der Waals surface area contributed by atoms with Gasteiger partial charge in [-0.1, -0.05) is 85.2 Å². The summed E-state index contributed by atoms with van der Waals surface area (Å²) in [5.74, 6) is 0.995. The van der Waals surface area contributed by atoms with Crippen LogP contribution in [-0.2, 0) is 40.0 Å². The number of hydrogen-bond donors (Lipinski definition) is 0. The molecule has 2 saturated carbocycles. The number of aryl methyl sites for hydroxylation is 3. The van der Waals surface area contributed by atoms with Gasteiger partial charge in [0.25, 0.3) is 0 Å². The van der Waals surface area contributed by atoms with Gasteiger partial charge in [0.1, 0.15) is 18.4 Å². The van der Waals surface area contributed by atoms with Crippen molar-refractivity contribution < 1.29 is 24.7 Å². The van der Waals surface area contributed by atoms with Crippen LogP contribution < -0.4 is 4.57 Å². The molecular formula is C54H47IrN10-3. The van der Waals surface area contributed by atoms with Crippen LogP contribution >= 0.6 is 0 Å². The number of fused-ring (bicyclic) bond motifs is 1. The average molecular weight is 1030 g/mol. The first-order chi connectivity index (χ1) is 31.4. The minimum absolute atomic E-state index is 0. The average Bonchev–Trinajstić information content (AvgIpc) is 3.71. The molecular weight excluding hydrogens is 981 g/mol. The summed E-state index contributed by atoms with van der Waals surface area (Å²) in [7, 11) is 1.90. The van der Waals surface area contributed by atoms with Crippen LogP contribution in [-0.4, -0.2) is 24.5 Å². The first-order valence-corrected chi connectivity index (χ1v) is 22.2. The first-order valence-electron chi connectivity index (χ1n) is 22.2. The summed E-state index contributed by atoms with van der Waals surface area (Å²) < 4.78 is 3.67. The van der Waals surface area contributed by atoms with Gasteiger partial charge in [-0.2, -0.15) is 40.2 Å². The predicted molar refractivity (Wildman–Crippen MR) is 245 cm³/mol. The maximum Gasteiger partial charge on any atom is 0.236 e. The fourth-order valence-electron chi connectivity index (χ4n) is 9.04. The van der Waals surface area contributed by atoms with Gasteiger partial charge >= 0.3 is 0 Å². The minimum atomic E-state index is 0. The monoisotopic (exact) mass is 1030 g/mol. The second kappa shape index (κ2) is 22.1. The molecule has 0 spiro atoms. The number of imidazole rings is 1. The quantitative estimate of drug-likeness (QED) is 0.0765.